The lowest BCUT2D eigenvalue weighted by molar-refractivity contribution is 0.141. The zero-order valence-corrected chi connectivity index (χ0v) is 12.4. The number of guanidine groups is 1. The first-order valence-corrected chi connectivity index (χ1v) is 7.55. The van der Waals surface area contributed by atoms with Gasteiger partial charge in [0.25, 0.3) is 0 Å². The van der Waals surface area contributed by atoms with Crippen LogP contribution in [-0.2, 0) is 0 Å². The summed E-state index contributed by atoms with van der Waals surface area (Å²) in [4.78, 5) is 6.95. The molecule has 0 aromatic rings. The van der Waals surface area contributed by atoms with Crippen molar-refractivity contribution < 1.29 is 0 Å². The molecule has 2 aliphatic rings. The van der Waals surface area contributed by atoms with E-state index in [1.807, 2.05) is 0 Å². The lowest BCUT2D eigenvalue weighted by Crippen LogP contribution is -2.54. The zero-order valence-electron chi connectivity index (χ0n) is 12.4. The van der Waals surface area contributed by atoms with Gasteiger partial charge >= 0.3 is 0 Å². The first kappa shape index (κ1) is 13.7. The first-order chi connectivity index (χ1) is 8.46. The number of rotatable bonds is 2. The SMILES string of the molecule is CC(C)C1CCCC2(CC1)CN=C(N)N2C(C)C. The van der Waals surface area contributed by atoms with E-state index in [0.29, 0.717) is 6.04 Å². The normalized spacial score (nSPS) is 33.3. The molecule has 2 unspecified atom stereocenters. The molecule has 1 saturated carbocycles. The summed E-state index contributed by atoms with van der Waals surface area (Å²) in [7, 11) is 0. The summed E-state index contributed by atoms with van der Waals surface area (Å²) >= 11 is 0. The van der Waals surface area contributed by atoms with Gasteiger partial charge in [-0.15, -0.1) is 0 Å². The van der Waals surface area contributed by atoms with E-state index in [0.717, 1.165) is 24.3 Å². The summed E-state index contributed by atoms with van der Waals surface area (Å²) in [6.45, 7) is 10.1. The molecule has 2 N–H and O–H groups in total. The van der Waals surface area contributed by atoms with Gasteiger partial charge in [-0.05, 0) is 44.9 Å². The highest BCUT2D eigenvalue weighted by atomic mass is 15.4. The molecule has 1 fully saturated rings. The molecule has 18 heavy (non-hydrogen) atoms. The standard InChI is InChI=1S/C15H29N3/c1-11(2)13-6-5-8-15(9-7-13)10-17-14(16)18(15)12(3)4/h11-13H,5-10H2,1-4H3,(H2,16,17). The maximum atomic E-state index is 6.11. The van der Waals surface area contributed by atoms with Gasteiger partial charge in [0.1, 0.15) is 0 Å². The third-order valence-electron chi connectivity index (χ3n) is 4.95. The van der Waals surface area contributed by atoms with E-state index < -0.39 is 0 Å². The number of hydrogen-bond donors (Lipinski definition) is 1. The maximum Gasteiger partial charge on any atom is 0.192 e. The van der Waals surface area contributed by atoms with Crippen LogP contribution in [0.1, 0.15) is 59.8 Å². The van der Waals surface area contributed by atoms with Crippen LogP contribution in [0.5, 0.6) is 0 Å². The molecule has 0 aromatic heterocycles. The van der Waals surface area contributed by atoms with Crippen LogP contribution in [0.2, 0.25) is 0 Å². The van der Waals surface area contributed by atoms with Gasteiger partial charge in [-0.1, -0.05) is 26.7 Å². The maximum absolute atomic E-state index is 6.11. The second-order valence-electron chi connectivity index (χ2n) is 6.80. The minimum atomic E-state index is 0.238. The van der Waals surface area contributed by atoms with Gasteiger partial charge in [0.15, 0.2) is 5.96 Å². The minimum Gasteiger partial charge on any atom is -0.370 e. The van der Waals surface area contributed by atoms with Crippen LogP contribution >= 0.6 is 0 Å². The molecule has 1 spiro atoms. The molecule has 2 atom stereocenters. The van der Waals surface area contributed by atoms with Crippen LogP contribution in [0, 0.1) is 11.8 Å². The van der Waals surface area contributed by atoms with Crippen molar-refractivity contribution in [2.45, 2.75) is 71.4 Å². The molecule has 3 heteroatoms. The molecule has 1 heterocycles. The summed E-state index contributed by atoms with van der Waals surface area (Å²) in [6.07, 6.45) is 6.57. The van der Waals surface area contributed by atoms with Crippen molar-refractivity contribution in [3.05, 3.63) is 0 Å². The van der Waals surface area contributed by atoms with E-state index in [-0.39, 0.29) is 5.54 Å². The average molecular weight is 251 g/mol. The molecule has 0 aromatic carbocycles. The van der Waals surface area contributed by atoms with Gasteiger partial charge in [-0.3, -0.25) is 4.99 Å². The highest BCUT2D eigenvalue weighted by Crippen LogP contribution is 2.40. The lowest BCUT2D eigenvalue weighted by Gasteiger charge is -2.41. The summed E-state index contributed by atoms with van der Waals surface area (Å²) < 4.78 is 0. The largest absolute Gasteiger partial charge is 0.370 e. The minimum absolute atomic E-state index is 0.238. The van der Waals surface area contributed by atoms with E-state index in [2.05, 4.69) is 37.6 Å². The molecular formula is C15H29N3. The van der Waals surface area contributed by atoms with Crippen molar-refractivity contribution in [1.29, 1.82) is 0 Å². The summed E-state index contributed by atoms with van der Waals surface area (Å²) in [5, 5.41) is 0. The van der Waals surface area contributed by atoms with E-state index in [9.17, 15) is 0 Å². The molecular weight excluding hydrogens is 222 g/mol. The summed E-state index contributed by atoms with van der Waals surface area (Å²) in [5.41, 5.74) is 6.34. The van der Waals surface area contributed by atoms with E-state index in [4.69, 9.17) is 5.73 Å². The van der Waals surface area contributed by atoms with Gasteiger partial charge in [0.2, 0.25) is 0 Å². The molecule has 0 bridgehead atoms. The van der Waals surface area contributed by atoms with Crippen molar-refractivity contribution in [1.82, 2.24) is 4.90 Å². The Bertz CT molecular complexity index is 322. The van der Waals surface area contributed by atoms with Gasteiger partial charge in [0.05, 0.1) is 12.1 Å². The van der Waals surface area contributed by atoms with E-state index in [1.165, 1.54) is 32.1 Å². The van der Waals surface area contributed by atoms with Crippen molar-refractivity contribution in [3.8, 4) is 0 Å². The van der Waals surface area contributed by atoms with E-state index >= 15 is 0 Å². The topological polar surface area (TPSA) is 41.6 Å². The Hall–Kier alpha value is -0.730. The Labute approximate surface area is 112 Å². The number of nitrogens with two attached hydrogens (primary N) is 1. The Morgan fingerprint density at radius 1 is 1.22 bits per heavy atom. The Morgan fingerprint density at radius 3 is 2.56 bits per heavy atom. The summed E-state index contributed by atoms with van der Waals surface area (Å²) in [6, 6.07) is 0.465. The number of hydrogen-bond acceptors (Lipinski definition) is 3. The molecule has 0 radical (unpaired) electrons. The quantitative estimate of drug-likeness (QED) is 0.819. The molecule has 0 saturated heterocycles. The fraction of sp³-hybridized carbons (Fsp3) is 0.933. The predicted octanol–water partition coefficient (Wildman–Crippen LogP) is 3.00. The van der Waals surface area contributed by atoms with Crippen LogP contribution in [0.4, 0.5) is 0 Å². The van der Waals surface area contributed by atoms with Crippen LogP contribution in [0.25, 0.3) is 0 Å². The second kappa shape index (κ2) is 5.10. The average Bonchev–Trinajstić information content (AvgIpc) is 2.47. The highest BCUT2D eigenvalue weighted by Gasteiger charge is 2.44. The Morgan fingerprint density at radius 2 is 1.94 bits per heavy atom. The molecule has 3 nitrogen and oxygen atoms in total. The van der Waals surface area contributed by atoms with E-state index in [1.54, 1.807) is 0 Å². The third-order valence-corrected chi connectivity index (χ3v) is 4.95. The predicted molar refractivity (Wildman–Crippen MR) is 77.6 cm³/mol. The van der Waals surface area contributed by atoms with Crippen molar-refractivity contribution in [2.75, 3.05) is 6.54 Å². The van der Waals surface area contributed by atoms with Gasteiger partial charge in [0, 0.05) is 6.04 Å². The number of aliphatic imine (C=N–C) groups is 1. The van der Waals surface area contributed by atoms with Crippen molar-refractivity contribution >= 4 is 5.96 Å². The van der Waals surface area contributed by atoms with Crippen molar-refractivity contribution in [3.63, 3.8) is 0 Å². The highest BCUT2D eigenvalue weighted by molar-refractivity contribution is 5.81. The molecule has 104 valence electrons. The summed E-state index contributed by atoms with van der Waals surface area (Å²) in [5.74, 6) is 2.47. The van der Waals surface area contributed by atoms with Crippen LogP contribution < -0.4 is 5.73 Å². The van der Waals surface area contributed by atoms with Crippen LogP contribution in [0.15, 0.2) is 4.99 Å². The Kier molecular flexibility index (Phi) is 3.88. The fourth-order valence-corrected chi connectivity index (χ4v) is 3.92. The van der Waals surface area contributed by atoms with Gasteiger partial charge in [-0.25, -0.2) is 0 Å². The number of nitrogens with zero attached hydrogens (tertiary/aromatic N) is 2. The molecule has 0 amide bonds. The fourth-order valence-electron chi connectivity index (χ4n) is 3.92. The molecule has 2 rings (SSSR count). The second-order valence-corrected chi connectivity index (χ2v) is 6.80. The molecule has 1 aliphatic carbocycles. The van der Waals surface area contributed by atoms with Crippen LogP contribution in [-0.4, -0.2) is 29.0 Å². The third kappa shape index (κ3) is 2.36. The van der Waals surface area contributed by atoms with Crippen molar-refractivity contribution in [2.24, 2.45) is 22.6 Å². The smallest absolute Gasteiger partial charge is 0.192 e. The van der Waals surface area contributed by atoms with Gasteiger partial charge < -0.3 is 10.6 Å². The molecule has 1 aliphatic heterocycles. The zero-order chi connectivity index (χ0) is 13.3. The Balaban J connectivity index is 2.13. The van der Waals surface area contributed by atoms with Gasteiger partial charge in [-0.2, -0.15) is 0 Å². The monoisotopic (exact) mass is 251 g/mol. The van der Waals surface area contributed by atoms with Crippen LogP contribution in [0.3, 0.4) is 0 Å². The first-order valence-electron chi connectivity index (χ1n) is 7.55. The lowest BCUT2D eigenvalue weighted by atomic mass is 9.85.